The average molecular weight is 241 g/mol. The molecule has 0 atom stereocenters. The zero-order valence-corrected chi connectivity index (χ0v) is 10.8. The topological polar surface area (TPSA) is 84.6 Å². The van der Waals surface area contributed by atoms with Crippen molar-refractivity contribution in [1.82, 2.24) is 0 Å². The minimum atomic E-state index is 0.338. The van der Waals surface area contributed by atoms with Gasteiger partial charge in [-0.1, -0.05) is 30.1 Å². The maximum atomic E-state index is 8.34. The van der Waals surface area contributed by atoms with Gasteiger partial charge in [0.2, 0.25) is 0 Å². The van der Waals surface area contributed by atoms with Crippen LogP contribution in [0.2, 0.25) is 0 Å². The Kier molecular flexibility index (Phi) is 12.2. The van der Waals surface area contributed by atoms with Gasteiger partial charge < -0.3 is 16.7 Å². The summed E-state index contributed by atoms with van der Waals surface area (Å²) in [4.78, 5) is 0. The summed E-state index contributed by atoms with van der Waals surface area (Å²) in [6.45, 7) is 0.800. The molecule has 0 saturated carbocycles. The van der Waals surface area contributed by atoms with Crippen molar-refractivity contribution < 1.29 is 5.21 Å². The van der Waals surface area contributed by atoms with Crippen LogP contribution in [0.5, 0.6) is 0 Å². The van der Waals surface area contributed by atoms with Gasteiger partial charge in [-0.05, 0) is 45.1 Å². The van der Waals surface area contributed by atoms with Gasteiger partial charge >= 0.3 is 0 Å². The Morgan fingerprint density at radius 2 is 1.53 bits per heavy atom. The highest BCUT2D eigenvalue weighted by Gasteiger charge is 1.93. The Morgan fingerprint density at radius 1 is 0.941 bits per heavy atom. The Labute approximate surface area is 105 Å². The summed E-state index contributed by atoms with van der Waals surface area (Å²) >= 11 is 0. The van der Waals surface area contributed by atoms with Crippen LogP contribution in [0.3, 0.4) is 0 Å². The van der Waals surface area contributed by atoms with Gasteiger partial charge in [-0.2, -0.15) is 0 Å². The Balaban J connectivity index is 3.13. The molecule has 4 heteroatoms. The fourth-order valence-electron chi connectivity index (χ4n) is 1.61. The molecule has 0 saturated heterocycles. The van der Waals surface area contributed by atoms with E-state index in [9.17, 15) is 0 Å². The lowest BCUT2D eigenvalue weighted by atomic mass is 10.1. The molecular formula is C13H27N3O. The van der Waals surface area contributed by atoms with Crippen LogP contribution in [-0.4, -0.2) is 17.6 Å². The molecule has 0 aromatic rings. The van der Waals surface area contributed by atoms with Crippen LogP contribution < -0.4 is 11.5 Å². The Morgan fingerprint density at radius 3 is 2.12 bits per heavy atom. The first-order valence-corrected chi connectivity index (χ1v) is 6.62. The predicted octanol–water partition coefficient (Wildman–Crippen LogP) is 2.76. The minimum Gasteiger partial charge on any atom is -0.409 e. The Hall–Kier alpha value is -1.03. The fourth-order valence-corrected chi connectivity index (χ4v) is 1.61. The van der Waals surface area contributed by atoms with Crippen LogP contribution in [0.25, 0.3) is 0 Å². The lowest BCUT2D eigenvalue weighted by Gasteiger charge is -1.99. The molecule has 17 heavy (non-hydrogen) atoms. The van der Waals surface area contributed by atoms with E-state index in [-0.39, 0.29) is 0 Å². The first kappa shape index (κ1) is 16.0. The second-order valence-corrected chi connectivity index (χ2v) is 4.30. The van der Waals surface area contributed by atoms with E-state index in [2.05, 4.69) is 17.3 Å². The zero-order valence-electron chi connectivity index (χ0n) is 10.8. The zero-order chi connectivity index (χ0) is 12.8. The molecule has 0 amide bonds. The van der Waals surface area contributed by atoms with Crippen LogP contribution in [0.4, 0.5) is 0 Å². The van der Waals surface area contributed by atoms with Crippen LogP contribution in [-0.2, 0) is 0 Å². The molecule has 0 unspecified atom stereocenters. The number of rotatable bonds is 11. The molecule has 0 heterocycles. The predicted molar refractivity (Wildman–Crippen MR) is 73.2 cm³/mol. The molecule has 5 N–H and O–H groups in total. The standard InChI is InChI=1S/C13H27N3O/c14-12-10-8-6-4-2-1-3-5-7-9-11-13(15)16-17/h2,4,17H,1,3,5-12,14H2,(H2,15,16)/b4-2-. The van der Waals surface area contributed by atoms with Gasteiger partial charge in [0.05, 0.1) is 0 Å². The lowest BCUT2D eigenvalue weighted by Crippen LogP contribution is -2.10. The number of allylic oxidation sites excluding steroid dienone is 2. The van der Waals surface area contributed by atoms with E-state index >= 15 is 0 Å². The molecule has 0 bridgehead atoms. The molecule has 0 rings (SSSR count). The van der Waals surface area contributed by atoms with E-state index in [0.29, 0.717) is 12.3 Å². The monoisotopic (exact) mass is 241 g/mol. The van der Waals surface area contributed by atoms with Crippen molar-refractivity contribution in [2.75, 3.05) is 6.54 Å². The number of hydrogen-bond acceptors (Lipinski definition) is 3. The summed E-state index contributed by atoms with van der Waals surface area (Å²) in [7, 11) is 0. The average Bonchev–Trinajstić information content (AvgIpc) is 2.35. The van der Waals surface area contributed by atoms with E-state index < -0.39 is 0 Å². The maximum Gasteiger partial charge on any atom is 0.139 e. The number of hydrogen-bond donors (Lipinski definition) is 3. The molecule has 0 aromatic heterocycles. The summed E-state index contributed by atoms with van der Waals surface area (Å²) < 4.78 is 0. The summed E-state index contributed by atoms with van der Waals surface area (Å²) in [5.74, 6) is 0.338. The second-order valence-electron chi connectivity index (χ2n) is 4.30. The van der Waals surface area contributed by atoms with Gasteiger partial charge in [-0.25, -0.2) is 0 Å². The van der Waals surface area contributed by atoms with Gasteiger partial charge in [0.1, 0.15) is 5.84 Å². The highest BCUT2D eigenvalue weighted by atomic mass is 16.4. The molecule has 0 spiro atoms. The first-order valence-electron chi connectivity index (χ1n) is 6.62. The number of amidine groups is 1. The second kappa shape index (κ2) is 13.0. The van der Waals surface area contributed by atoms with Crippen molar-refractivity contribution in [1.29, 1.82) is 0 Å². The van der Waals surface area contributed by atoms with Gasteiger partial charge in [-0.15, -0.1) is 0 Å². The van der Waals surface area contributed by atoms with E-state index in [4.69, 9.17) is 16.7 Å². The third kappa shape index (κ3) is 12.9. The van der Waals surface area contributed by atoms with E-state index in [1.165, 1.54) is 19.3 Å². The van der Waals surface area contributed by atoms with Crippen molar-refractivity contribution in [3.05, 3.63) is 12.2 Å². The number of nitrogens with two attached hydrogens (primary N) is 2. The van der Waals surface area contributed by atoms with E-state index in [1.54, 1.807) is 0 Å². The summed E-state index contributed by atoms with van der Waals surface area (Å²) in [5, 5.41) is 11.3. The number of nitrogens with zero attached hydrogens (tertiary/aromatic N) is 1. The van der Waals surface area contributed by atoms with Crippen molar-refractivity contribution >= 4 is 5.84 Å². The van der Waals surface area contributed by atoms with Crippen LogP contribution in [0, 0.1) is 0 Å². The van der Waals surface area contributed by atoms with Crippen LogP contribution >= 0.6 is 0 Å². The molecule has 0 aliphatic rings. The van der Waals surface area contributed by atoms with E-state index in [0.717, 1.165) is 38.6 Å². The fraction of sp³-hybridized carbons (Fsp3) is 0.769. The van der Waals surface area contributed by atoms with Crippen molar-refractivity contribution in [2.24, 2.45) is 16.6 Å². The molecule has 0 radical (unpaired) electrons. The third-order valence-corrected chi connectivity index (χ3v) is 2.67. The SMILES string of the molecule is NCCCC/C=C\CCCCCC/C(N)=N/O. The molecule has 100 valence electrons. The van der Waals surface area contributed by atoms with Crippen LogP contribution in [0.1, 0.15) is 57.8 Å². The van der Waals surface area contributed by atoms with Gasteiger partial charge in [0.25, 0.3) is 0 Å². The molecule has 0 aliphatic carbocycles. The lowest BCUT2D eigenvalue weighted by molar-refractivity contribution is 0.316. The first-order chi connectivity index (χ1) is 8.31. The highest BCUT2D eigenvalue weighted by Crippen LogP contribution is 2.06. The smallest absolute Gasteiger partial charge is 0.139 e. The molecule has 0 fully saturated rings. The summed E-state index contributed by atoms with van der Waals surface area (Å²) in [6, 6.07) is 0. The molecular weight excluding hydrogens is 214 g/mol. The normalized spacial score (nSPS) is 12.4. The maximum absolute atomic E-state index is 8.34. The third-order valence-electron chi connectivity index (χ3n) is 2.67. The Bertz CT molecular complexity index is 215. The largest absolute Gasteiger partial charge is 0.409 e. The summed E-state index contributed by atoms with van der Waals surface area (Å²) in [6.07, 6.45) is 14.5. The summed E-state index contributed by atoms with van der Waals surface area (Å²) in [5.41, 5.74) is 10.8. The van der Waals surface area contributed by atoms with Crippen molar-refractivity contribution in [3.63, 3.8) is 0 Å². The molecule has 0 aliphatic heterocycles. The molecule has 4 nitrogen and oxygen atoms in total. The quantitative estimate of drug-likeness (QED) is 0.130. The van der Waals surface area contributed by atoms with Crippen molar-refractivity contribution in [2.45, 2.75) is 57.8 Å². The number of unbranched alkanes of at least 4 members (excludes halogenated alkanes) is 6. The minimum absolute atomic E-state index is 0.338. The van der Waals surface area contributed by atoms with Gasteiger partial charge in [0, 0.05) is 6.42 Å². The highest BCUT2D eigenvalue weighted by molar-refractivity contribution is 5.79. The van der Waals surface area contributed by atoms with Gasteiger partial charge in [0.15, 0.2) is 0 Å². The van der Waals surface area contributed by atoms with E-state index in [1.807, 2.05) is 0 Å². The van der Waals surface area contributed by atoms with Gasteiger partial charge in [-0.3, -0.25) is 0 Å². The van der Waals surface area contributed by atoms with Crippen molar-refractivity contribution in [3.8, 4) is 0 Å². The molecule has 0 aromatic carbocycles. The number of oxime groups is 1. The van der Waals surface area contributed by atoms with Crippen LogP contribution in [0.15, 0.2) is 17.3 Å².